The van der Waals surface area contributed by atoms with Crippen LogP contribution in [0.25, 0.3) is 0 Å². The Bertz CT molecular complexity index is 722. The minimum absolute atomic E-state index is 0. The Morgan fingerprint density at radius 2 is 1.93 bits per heavy atom. The highest BCUT2D eigenvalue weighted by molar-refractivity contribution is 14.0. The third-order valence-electron chi connectivity index (χ3n) is 4.22. The Morgan fingerprint density at radius 3 is 2.55 bits per heavy atom. The fourth-order valence-corrected chi connectivity index (χ4v) is 2.52. The van der Waals surface area contributed by atoms with Gasteiger partial charge in [0.05, 0.1) is 24.5 Å². The van der Waals surface area contributed by atoms with Crippen LogP contribution in [0, 0.1) is 0 Å². The van der Waals surface area contributed by atoms with Gasteiger partial charge in [0.2, 0.25) is 0 Å². The summed E-state index contributed by atoms with van der Waals surface area (Å²) in [5, 5.41) is 20.5. The van der Waals surface area contributed by atoms with Gasteiger partial charge >= 0.3 is 0 Å². The molecule has 2 rings (SSSR count). The first-order valence-corrected chi connectivity index (χ1v) is 9.81. The summed E-state index contributed by atoms with van der Waals surface area (Å²) in [5.41, 5.74) is 2.01. The number of aliphatic hydroxyl groups excluding tert-OH is 1. The molecule has 0 saturated heterocycles. The Hall–Kier alpha value is -1.65. The van der Waals surface area contributed by atoms with Crippen LogP contribution >= 0.6 is 24.0 Å². The number of rotatable bonds is 10. The van der Waals surface area contributed by atoms with Gasteiger partial charge in [0.15, 0.2) is 11.7 Å². The minimum atomic E-state index is -0.646. The van der Waals surface area contributed by atoms with Crippen molar-refractivity contribution in [2.75, 3.05) is 19.7 Å². The third-order valence-corrected chi connectivity index (χ3v) is 4.22. The molecule has 3 N–H and O–H groups in total. The van der Waals surface area contributed by atoms with Gasteiger partial charge < -0.3 is 25.0 Å². The summed E-state index contributed by atoms with van der Waals surface area (Å²) in [5.74, 6) is 1.64. The van der Waals surface area contributed by atoms with E-state index < -0.39 is 6.10 Å². The molecule has 8 heteroatoms. The average molecular weight is 516 g/mol. The molecule has 2 aromatic rings. The summed E-state index contributed by atoms with van der Waals surface area (Å²) < 4.78 is 11.1. The van der Waals surface area contributed by atoms with Crippen LogP contribution in [0.1, 0.15) is 56.7 Å². The van der Waals surface area contributed by atoms with E-state index in [1.54, 1.807) is 0 Å². The number of ether oxygens (including phenoxy) is 1. The summed E-state index contributed by atoms with van der Waals surface area (Å²) in [6.07, 6.45) is -0.716. The normalized spacial score (nSPS) is 13.7. The maximum Gasteiger partial charge on any atom is 0.191 e. The molecule has 0 amide bonds. The molecule has 2 unspecified atom stereocenters. The van der Waals surface area contributed by atoms with E-state index >= 15 is 0 Å². The summed E-state index contributed by atoms with van der Waals surface area (Å²) in [6.45, 7) is 9.78. The molecule has 29 heavy (non-hydrogen) atoms. The summed E-state index contributed by atoms with van der Waals surface area (Å²) in [6, 6.07) is 11.9. The van der Waals surface area contributed by atoms with Gasteiger partial charge in [0, 0.05) is 19.2 Å². The van der Waals surface area contributed by atoms with Crippen molar-refractivity contribution in [2.24, 2.45) is 4.99 Å². The van der Waals surface area contributed by atoms with E-state index in [4.69, 9.17) is 9.26 Å². The second-order valence-corrected chi connectivity index (χ2v) is 6.99. The van der Waals surface area contributed by atoms with E-state index in [9.17, 15) is 5.11 Å². The molecule has 0 aliphatic heterocycles. The van der Waals surface area contributed by atoms with Crippen LogP contribution in [0.5, 0.6) is 0 Å². The Morgan fingerprint density at radius 1 is 1.21 bits per heavy atom. The summed E-state index contributed by atoms with van der Waals surface area (Å²) in [4.78, 5) is 4.48. The van der Waals surface area contributed by atoms with E-state index in [1.165, 1.54) is 0 Å². The largest absolute Gasteiger partial charge is 0.389 e. The lowest BCUT2D eigenvalue weighted by molar-refractivity contribution is -0.000600. The van der Waals surface area contributed by atoms with Crippen LogP contribution in [0.3, 0.4) is 0 Å². The van der Waals surface area contributed by atoms with Crippen molar-refractivity contribution in [2.45, 2.75) is 52.4 Å². The van der Waals surface area contributed by atoms with Crippen LogP contribution in [-0.2, 0) is 11.3 Å². The molecule has 0 aliphatic carbocycles. The molecule has 162 valence electrons. The topological polar surface area (TPSA) is 91.9 Å². The molecule has 2 atom stereocenters. The van der Waals surface area contributed by atoms with Gasteiger partial charge in [-0.15, -0.1) is 24.0 Å². The predicted octanol–water partition coefficient (Wildman–Crippen LogP) is 3.61. The quantitative estimate of drug-likeness (QED) is 0.254. The van der Waals surface area contributed by atoms with Crippen molar-refractivity contribution in [1.29, 1.82) is 0 Å². The zero-order valence-electron chi connectivity index (χ0n) is 17.6. The number of hydrogen-bond donors (Lipinski definition) is 3. The Labute approximate surface area is 190 Å². The molecule has 0 fully saturated rings. The molecule has 0 spiro atoms. The number of nitrogens with zero attached hydrogens (tertiary/aromatic N) is 2. The first-order chi connectivity index (χ1) is 13.5. The van der Waals surface area contributed by atoms with Crippen molar-refractivity contribution >= 4 is 29.9 Å². The molecule has 0 bridgehead atoms. The lowest BCUT2D eigenvalue weighted by Gasteiger charge is -2.18. The van der Waals surface area contributed by atoms with Crippen molar-refractivity contribution in [3.63, 3.8) is 0 Å². The smallest absolute Gasteiger partial charge is 0.191 e. The maximum atomic E-state index is 10.2. The van der Waals surface area contributed by atoms with E-state index in [0.717, 1.165) is 17.8 Å². The van der Waals surface area contributed by atoms with Crippen molar-refractivity contribution in [3.8, 4) is 0 Å². The minimum Gasteiger partial charge on any atom is -0.389 e. The Balaban J connectivity index is 0.00000420. The number of aliphatic imine (C=N–C) groups is 1. The average Bonchev–Trinajstić information content (AvgIpc) is 3.18. The van der Waals surface area contributed by atoms with Crippen LogP contribution in [-0.4, -0.2) is 42.0 Å². The molecule has 1 aromatic carbocycles. The lowest BCUT2D eigenvalue weighted by Crippen LogP contribution is -2.42. The van der Waals surface area contributed by atoms with Crippen LogP contribution in [0.2, 0.25) is 0 Å². The highest BCUT2D eigenvalue weighted by atomic mass is 127. The molecular weight excluding hydrogens is 483 g/mol. The lowest BCUT2D eigenvalue weighted by atomic mass is 10.1. The van der Waals surface area contributed by atoms with Gasteiger partial charge in [-0.25, -0.2) is 4.99 Å². The molecule has 7 nitrogen and oxygen atoms in total. The zero-order valence-corrected chi connectivity index (χ0v) is 19.9. The number of benzene rings is 1. The number of halogens is 1. The van der Waals surface area contributed by atoms with Gasteiger partial charge in [0.25, 0.3) is 0 Å². The Kier molecular flexibility index (Phi) is 11.9. The van der Waals surface area contributed by atoms with Gasteiger partial charge in [-0.3, -0.25) is 0 Å². The van der Waals surface area contributed by atoms with Crippen molar-refractivity contribution in [1.82, 2.24) is 15.8 Å². The zero-order chi connectivity index (χ0) is 20.4. The first-order valence-electron chi connectivity index (χ1n) is 9.81. The third kappa shape index (κ3) is 9.14. The van der Waals surface area contributed by atoms with Crippen LogP contribution < -0.4 is 10.6 Å². The van der Waals surface area contributed by atoms with Gasteiger partial charge in [0.1, 0.15) is 6.54 Å². The SMILES string of the molecule is CCNC(=NCc1cc(C(C)C)no1)NCC(O)COC(C)c1ccccc1.I. The van der Waals surface area contributed by atoms with E-state index in [2.05, 4.69) is 34.6 Å². The second-order valence-electron chi connectivity index (χ2n) is 6.99. The highest BCUT2D eigenvalue weighted by Crippen LogP contribution is 2.16. The standard InChI is InChI=1S/C21H32N4O3.HI/c1-5-22-21(24-13-19-11-20(15(2)3)25-28-19)23-12-18(26)14-27-16(4)17-9-7-6-8-10-17;/h6-11,15-16,18,26H,5,12-14H2,1-4H3,(H2,22,23,24);1H. The number of aromatic nitrogens is 1. The molecule has 0 aliphatic rings. The van der Waals surface area contributed by atoms with Gasteiger partial charge in [-0.2, -0.15) is 0 Å². The van der Waals surface area contributed by atoms with Crippen molar-refractivity contribution in [3.05, 3.63) is 53.4 Å². The molecule has 1 aromatic heterocycles. The molecule has 0 saturated carbocycles. The predicted molar refractivity (Wildman–Crippen MR) is 126 cm³/mol. The number of hydrogen-bond acceptors (Lipinski definition) is 5. The van der Waals surface area contributed by atoms with Crippen molar-refractivity contribution < 1.29 is 14.4 Å². The number of aliphatic hydroxyl groups is 1. The summed E-state index contributed by atoms with van der Waals surface area (Å²) in [7, 11) is 0. The van der Waals surface area contributed by atoms with Crippen LogP contribution in [0.4, 0.5) is 0 Å². The van der Waals surface area contributed by atoms with E-state index in [1.807, 2.05) is 50.2 Å². The monoisotopic (exact) mass is 516 g/mol. The fraction of sp³-hybridized carbons (Fsp3) is 0.524. The number of nitrogens with one attached hydrogen (secondary N) is 2. The first kappa shape index (κ1) is 25.4. The second kappa shape index (κ2) is 13.6. The summed E-state index contributed by atoms with van der Waals surface area (Å²) >= 11 is 0. The molecular formula is C21H33IN4O3. The van der Waals surface area contributed by atoms with E-state index in [0.29, 0.717) is 30.7 Å². The van der Waals surface area contributed by atoms with Crippen LogP contribution in [0.15, 0.2) is 45.9 Å². The molecule has 1 heterocycles. The van der Waals surface area contributed by atoms with Gasteiger partial charge in [-0.05, 0) is 25.3 Å². The fourth-order valence-electron chi connectivity index (χ4n) is 2.52. The number of guanidine groups is 1. The van der Waals surface area contributed by atoms with E-state index in [-0.39, 0.29) is 36.7 Å². The maximum absolute atomic E-state index is 10.2. The molecule has 0 radical (unpaired) electrons. The van der Waals surface area contributed by atoms with Gasteiger partial charge in [-0.1, -0.05) is 49.3 Å². The highest BCUT2D eigenvalue weighted by Gasteiger charge is 2.11.